The van der Waals surface area contributed by atoms with Crippen molar-refractivity contribution in [1.29, 1.82) is 5.26 Å². The molecule has 4 nitrogen and oxygen atoms in total. The van der Waals surface area contributed by atoms with Crippen molar-refractivity contribution in [2.75, 3.05) is 0 Å². The van der Waals surface area contributed by atoms with Crippen LogP contribution in [-0.4, -0.2) is 5.91 Å². The Morgan fingerprint density at radius 2 is 2.50 bits per heavy atom. The minimum atomic E-state index is -0.756. The molecule has 1 rings (SSSR count). The van der Waals surface area contributed by atoms with Gasteiger partial charge in [-0.1, -0.05) is 0 Å². The van der Waals surface area contributed by atoms with Gasteiger partial charge in [-0.25, -0.2) is 0 Å². The molecule has 1 heterocycles. The second kappa shape index (κ2) is 3.39. The van der Waals surface area contributed by atoms with E-state index in [0.29, 0.717) is 5.76 Å². The first-order chi connectivity index (χ1) is 5.74. The zero-order valence-electron chi connectivity index (χ0n) is 6.15. The maximum absolute atomic E-state index is 10.5. The number of nitriles is 1. The quantitative estimate of drug-likeness (QED) is 0.512. The molecule has 0 aliphatic heterocycles. The monoisotopic (exact) mass is 162 g/mol. The Kier molecular flexibility index (Phi) is 2.29. The van der Waals surface area contributed by atoms with Crippen LogP contribution in [-0.2, 0) is 4.79 Å². The average molecular weight is 162 g/mol. The summed E-state index contributed by atoms with van der Waals surface area (Å²) in [4.78, 5) is 10.5. The molecule has 0 atom stereocenters. The largest absolute Gasteiger partial charge is 0.465 e. The van der Waals surface area contributed by atoms with E-state index >= 15 is 0 Å². The van der Waals surface area contributed by atoms with Gasteiger partial charge >= 0.3 is 0 Å². The summed E-state index contributed by atoms with van der Waals surface area (Å²) in [7, 11) is 0. The van der Waals surface area contributed by atoms with Crippen molar-refractivity contribution in [1.82, 2.24) is 0 Å². The van der Waals surface area contributed by atoms with E-state index in [2.05, 4.69) is 0 Å². The van der Waals surface area contributed by atoms with Crippen molar-refractivity contribution in [3.8, 4) is 6.07 Å². The zero-order chi connectivity index (χ0) is 8.97. The van der Waals surface area contributed by atoms with Gasteiger partial charge in [-0.15, -0.1) is 0 Å². The minimum Gasteiger partial charge on any atom is -0.465 e. The number of hydrogen-bond acceptors (Lipinski definition) is 3. The molecule has 0 saturated carbocycles. The number of nitrogens with two attached hydrogens (primary N) is 1. The highest BCUT2D eigenvalue weighted by Gasteiger charge is 2.03. The van der Waals surface area contributed by atoms with Crippen LogP contribution in [0.25, 0.3) is 6.08 Å². The summed E-state index contributed by atoms with van der Waals surface area (Å²) in [6.07, 6.45) is 2.74. The van der Waals surface area contributed by atoms with Crippen LogP contribution in [0.2, 0.25) is 0 Å². The molecule has 12 heavy (non-hydrogen) atoms. The molecular formula is C8H6N2O2. The summed E-state index contributed by atoms with van der Waals surface area (Å²) < 4.78 is 4.88. The first kappa shape index (κ1) is 8.08. The van der Waals surface area contributed by atoms with Gasteiger partial charge in [0.05, 0.1) is 6.26 Å². The predicted octanol–water partition coefficient (Wildman–Crippen LogP) is 0.672. The molecule has 2 N–H and O–H groups in total. The summed E-state index contributed by atoms with van der Waals surface area (Å²) in [5, 5.41) is 8.43. The lowest BCUT2D eigenvalue weighted by Crippen LogP contribution is -2.12. The number of carbonyl (C=O) groups excluding carboxylic acids is 1. The molecule has 0 saturated heterocycles. The van der Waals surface area contributed by atoms with Crippen molar-refractivity contribution in [3.05, 3.63) is 29.7 Å². The number of rotatable bonds is 2. The number of amides is 1. The Bertz CT molecular complexity index is 344. The van der Waals surface area contributed by atoms with Gasteiger partial charge in [-0.3, -0.25) is 4.79 Å². The summed E-state index contributed by atoms with van der Waals surface area (Å²) in [5.41, 5.74) is 4.77. The molecule has 0 fully saturated rings. The van der Waals surface area contributed by atoms with Gasteiger partial charge in [0.25, 0.3) is 5.91 Å². The molecule has 0 aliphatic carbocycles. The van der Waals surface area contributed by atoms with E-state index < -0.39 is 5.91 Å². The van der Waals surface area contributed by atoms with Gasteiger partial charge in [0.1, 0.15) is 17.4 Å². The number of primary amides is 1. The minimum absolute atomic E-state index is 0.120. The van der Waals surface area contributed by atoms with Crippen LogP contribution >= 0.6 is 0 Å². The van der Waals surface area contributed by atoms with Crippen LogP contribution in [0.5, 0.6) is 0 Å². The molecule has 0 bridgehead atoms. The smallest absolute Gasteiger partial charge is 0.259 e. The predicted molar refractivity (Wildman–Crippen MR) is 41.5 cm³/mol. The molecule has 0 spiro atoms. The van der Waals surface area contributed by atoms with Crippen molar-refractivity contribution in [2.24, 2.45) is 5.73 Å². The molecular weight excluding hydrogens is 156 g/mol. The molecule has 0 aromatic carbocycles. The number of hydrogen-bond donors (Lipinski definition) is 1. The molecule has 4 heteroatoms. The third-order valence-corrected chi connectivity index (χ3v) is 1.22. The summed E-state index contributed by atoms with van der Waals surface area (Å²) in [6.45, 7) is 0. The van der Waals surface area contributed by atoms with Gasteiger partial charge in [0, 0.05) is 6.08 Å². The third kappa shape index (κ3) is 1.73. The van der Waals surface area contributed by atoms with Gasteiger partial charge in [-0.2, -0.15) is 5.26 Å². The van der Waals surface area contributed by atoms with E-state index in [1.165, 1.54) is 12.3 Å². The van der Waals surface area contributed by atoms with E-state index in [9.17, 15) is 4.79 Å². The Balaban J connectivity index is 2.95. The lowest BCUT2D eigenvalue weighted by atomic mass is 10.2. The summed E-state index contributed by atoms with van der Waals surface area (Å²) in [6, 6.07) is 4.95. The lowest BCUT2D eigenvalue weighted by molar-refractivity contribution is -0.114. The standard InChI is InChI=1S/C8H6N2O2/c9-5-6(8(10)11)4-7-2-1-3-12-7/h1-4H,(H2,10,11). The van der Waals surface area contributed by atoms with Gasteiger partial charge in [-0.05, 0) is 12.1 Å². The number of carbonyl (C=O) groups is 1. The first-order valence-corrected chi connectivity index (χ1v) is 3.19. The average Bonchev–Trinajstić information content (AvgIpc) is 2.51. The molecule has 60 valence electrons. The van der Waals surface area contributed by atoms with E-state index in [1.807, 2.05) is 0 Å². The van der Waals surface area contributed by atoms with Gasteiger partial charge in [0.15, 0.2) is 0 Å². The highest BCUT2D eigenvalue weighted by Crippen LogP contribution is 2.05. The molecule has 0 unspecified atom stereocenters. The summed E-state index contributed by atoms with van der Waals surface area (Å²) in [5.74, 6) is -0.320. The highest BCUT2D eigenvalue weighted by molar-refractivity contribution is 6.00. The van der Waals surface area contributed by atoms with E-state index in [1.54, 1.807) is 18.2 Å². The van der Waals surface area contributed by atoms with E-state index in [-0.39, 0.29) is 5.57 Å². The van der Waals surface area contributed by atoms with Gasteiger partial charge < -0.3 is 10.2 Å². The van der Waals surface area contributed by atoms with Crippen LogP contribution in [0.4, 0.5) is 0 Å². The third-order valence-electron chi connectivity index (χ3n) is 1.22. The Labute approximate surface area is 68.9 Å². The Morgan fingerprint density at radius 1 is 1.75 bits per heavy atom. The van der Waals surface area contributed by atoms with Crippen LogP contribution < -0.4 is 5.73 Å². The van der Waals surface area contributed by atoms with Crippen LogP contribution in [0.1, 0.15) is 5.76 Å². The second-order valence-electron chi connectivity index (χ2n) is 2.05. The maximum atomic E-state index is 10.5. The SMILES string of the molecule is N#CC(=Cc1ccco1)C(N)=O. The van der Waals surface area contributed by atoms with Crippen LogP contribution in [0, 0.1) is 11.3 Å². The molecule has 1 aromatic heterocycles. The fourth-order valence-electron chi connectivity index (χ4n) is 0.674. The van der Waals surface area contributed by atoms with Crippen LogP contribution in [0.3, 0.4) is 0 Å². The first-order valence-electron chi connectivity index (χ1n) is 3.19. The molecule has 0 aliphatic rings. The molecule has 1 aromatic rings. The van der Waals surface area contributed by atoms with Crippen LogP contribution in [0.15, 0.2) is 28.4 Å². The Hall–Kier alpha value is -2.02. The van der Waals surface area contributed by atoms with Crippen molar-refractivity contribution < 1.29 is 9.21 Å². The van der Waals surface area contributed by atoms with Crippen molar-refractivity contribution in [2.45, 2.75) is 0 Å². The van der Waals surface area contributed by atoms with Crippen molar-refractivity contribution in [3.63, 3.8) is 0 Å². The second-order valence-corrected chi connectivity index (χ2v) is 2.05. The molecule has 1 amide bonds. The van der Waals surface area contributed by atoms with Crippen molar-refractivity contribution >= 4 is 12.0 Å². The van der Waals surface area contributed by atoms with E-state index in [4.69, 9.17) is 15.4 Å². The maximum Gasteiger partial charge on any atom is 0.259 e. The lowest BCUT2D eigenvalue weighted by Gasteiger charge is -1.87. The number of nitrogens with zero attached hydrogens (tertiary/aromatic N) is 1. The van der Waals surface area contributed by atoms with Gasteiger partial charge in [0.2, 0.25) is 0 Å². The fraction of sp³-hybridized carbons (Fsp3) is 0. The van der Waals surface area contributed by atoms with E-state index in [0.717, 1.165) is 0 Å². The Morgan fingerprint density at radius 3 is 2.92 bits per heavy atom. The zero-order valence-corrected chi connectivity index (χ0v) is 6.15. The fourth-order valence-corrected chi connectivity index (χ4v) is 0.674. The highest BCUT2D eigenvalue weighted by atomic mass is 16.3. The molecule has 0 radical (unpaired) electrons. The summed E-state index contributed by atoms with van der Waals surface area (Å²) >= 11 is 0. The number of furan rings is 1. The normalized spacial score (nSPS) is 10.8. The topological polar surface area (TPSA) is 80.0 Å².